The fourth-order valence-corrected chi connectivity index (χ4v) is 4.38. The molecule has 0 unspecified atom stereocenters. The fraction of sp³-hybridized carbons (Fsp3) is 0.0800. The first-order valence-electron chi connectivity index (χ1n) is 10.7. The standard InChI is InChI=1S/C25H19BrCl2N4O4/c1-2-36-22-6-4-3-5-19(22)30-24(34)25(35)31-32-20-8-7-15(26)9-14(20)10-21(32)23(33)29-18-12-16(27)11-17(28)13-18/h3-13H,2H2,1H3,(H,29,33)(H,30,34)(H,31,35). The smallest absolute Gasteiger partial charge is 0.328 e. The Balaban J connectivity index is 1.63. The molecule has 3 N–H and O–H groups in total. The summed E-state index contributed by atoms with van der Waals surface area (Å²) in [6.45, 7) is 2.20. The summed E-state index contributed by atoms with van der Waals surface area (Å²) in [7, 11) is 0. The molecule has 184 valence electrons. The van der Waals surface area contributed by atoms with Gasteiger partial charge in [-0.05, 0) is 61.5 Å². The Morgan fingerprint density at radius 2 is 1.64 bits per heavy atom. The summed E-state index contributed by atoms with van der Waals surface area (Å²) in [5.74, 6) is -2.05. The quantitative estimate of drug-likeness (QED) is 0.238. The van der Waals surface area contributed by atoms with E-state index < -0.39 is 17.7 Å². The number of halogens is 3. The molecule has 0 fully saturated rings. The van der Waals surface area contributed by atoms with Gasteiger partial charge in [0.15, 0.2) is 0 Å². The van der Waals surface area contributed by atoms with E-state index in [1.165, 1.54) is 22.9 Å². The van der Waals surface area contributed by atoms with Gasteiger partial charge in [0.1, 0.15) is 11.4 Å². The Morgan fingerprint density at radius 1 is 0.917 bits per heavy atom. The van der Waals surface area contributed by atoms with Gasteiger partial charge in [-0.1, -0.05) is 51.3 Å². The molecule has 3 amide bonds. The second-order valence-corrected chi connectivity index (χ2v) is 9.29. The van der Waals surface area contributed by atoms with E-state index in [0.29, 0.717) is 44.7 Å². The number of aromatic nitrogens is 1. The van der Waals surface area contributed by atoms with Crippen LogP contribution in [0.15, 0.2) is 71.2 Å². The third-order valence-electron chi connectivity index (χ3n) is 4.97. The lowest BCUT2D eigenvalue weighted by Gasteiger charge is -2.14. The van der Waals surface area contributed by atoms with Crippen molar-refractivity contribution in [3.63, 3.8) is 0 Å². The number of anilines is 2. The summed E-state index contributed by atoms with van der Waals surface area (Å²) in [4.78, 5) is 38.7. The predicted octanol–water partition coefficient (Wildman–Crippen LogP) is 6.07. The Hall–Kier alpha value is -3.53. The molecule has 0 atom stereocenters. The average molecular weight is 590 g/mol. The summed E-state index contributed by atoms with van der Waals surface area (Å²) in [6.07, 6.45) is 0. The maximum Gasteiger partial charge on any atom is 0.328 e. The monoisotopic (exact) mass is 588 g/mol. The van der Waals surface area contributed by atoms with Crippen molar-refractivity contribution in [2.75, 3.05) is 22.7 Å². The van der Waals surface area contributed by atoms with Gasteiger partial charge < -0.3 is 15.4 Å². The van der Waals surface area contributed by atoms with E-state index in [2.05, 4.69) is 32.0 Å². The number of ether oxygens (including phenoxy) is 1. The number of rotatable bonds is 6. The predicted molar refractivity (Wildman–Crippen MR) is 145 cm³/mol. The van der Waals surface area contributed by atoms with Gasteiger partial charge in [0.2, 0.25) is 0 Å². The van der Waals surface area contributed by atoms with Crippen LogP contribution in [-0.4, -0.2) is 29.0 Å². The van der Waals surface area contributed by atoms with E-state index in [-0.39, 0.29) is 5.69 Å². The maximum atomic E-state index is 13.2. The number of hydrogen-bond acceptors (Lipinski definition) is 4. The van der Waals surface area contributed by atoms with Crippen molar-refractivity contribution in [3.05, 3.63) is 86.9 Å². The Kier molecular flexibility index (Phi) is 7.83. The molecule has 0 aliphatic rings. The lowest BCUT2D eigenvalue weighted by molar-refractivity contribution is -0.133. The highest BCUT2D eigenvalue weighted by Gasteiger charge is 2.22. The van der Waals surface area contributed by atoms with Crippen molar-refractivity contribution in [2.24, 2.45) is 0 Å². The Bertz CT molecular complexity index is 1470. The van der Waals surface area contributed by atoms with Crippen molar-refractivity contribution in [2.45, 2.75) is 6.92 Å². The molecule has 1 heterocycles. The zero-order valence-electron chi connectivity index (χ0n) is 18.8. The maximum absolute atomic E-state index is 13.2. The van der Waals surface area contributed by atoms with Gasteiger partial charge >= 0.3 is 11.8 Å². The van der Waals surface area contributed by atoms with Gasteiger partial charge in [-0.2, -0.15) is 0 Å². The van der Waals surface area contributed by atoms with Gasteiger partial charge in [-0.3, -0.25) is 19.8 Å². The molecule has 0 radical (unpaired) electrons. The average Bonchev–Trinajstić information content (AvgIpc) is 3.17. The van der Waals surface area contributed by atoms with E-state index >= 15 is 0 Å². The number of hydrogen-bond donors (Lipinski definition) is 3. The SMILES string of the molecule is CCOc1ccccc1NC(=O)C(=O)Nn1c(C(=O)Nc2cc(Cl)cc(Cl)c2)cc2cc(Br)ccc21. The van der Waals surface area contributed by atoms with Crippen molar-refractivity contribution in [1.29, 1.82) is 0 Å². The number of nitrogens with zero attached hydrogens (tertiary/aromatic N) is 1. The topological polar surface area (TPSA) is 101 Å². The molecule has 0 saturated carbocycles. The number of carbonyl (C=O) groups excluding carboxylic acids is 3. The van der Waals surface area contributed by atoms with Crippen molar-refractivity contribution in [3.8, 4) is 5.75 Å². The minimum Gasteiger partial charge on any atom is -0.492 e. The minimum absolute atomic E-state index is 0.0788. The molecule has 36 heavy (non-hydrogen) atoms. The first-order valence-corrected chi connectivity index (χ1v) is 12.2. The Morgan fingerprint density at radius 3 is 2.36 bits per heavy atom. The third-order valence-corrected chi connectivity index (χ3v) is 5.90. The molecule has 4 rings (SSSR count). The van der Waals surface area contributed by atoms with E-state index in [0.717, 1.165) is 4.47 Å². The second-order valence-electron chi connectivity index (χ2n) is 7.50. The highest BCUT2D eigenvalue weighted by Crippen LogP contribution is 2.27. The highest BCUT2D eigenvalue weighted by atomic mass is 79.9. The third kappa shape index (κ3) is 5.81. The summed E-state index contributed by atoms with van der Waals surface area (Å²) in [5.41, 5.74) is 3.80. The number of amides is 3. The van der Waals surface area contributed by atoms with Gasteiger partial charge in [-0.15, -0.1) is 0 Å². The summed E-state index contributed by atoms with van der Waals surface area (Å²) in [6, 6.07) is 18.2. The largest absolute Gasteiger partial charge is 0.492 e. The molecule has 4 aromatic rings. The summed E-state index contributed by atoms with van der Waals surface area (Å²) < 4.78 is 7.51. The minimum atomic E-state index is -0.985. The normalized spacial score (nSPS) is 10.7. The summed E-state index contributed by atoms with van der Waals surface area (Å²) in [5, 5.41) is 6.60. The molecule has 8 nitrogen and oxygen atoms in total. The molecular formula is C25H19BrCl2N4O4. The van der Waals surface area contributed by atoms with Crippen LogP contribution < -0.4 is 20.8 Å². The number of carbonyl (C=O) groups is 3. The van der Waals surface area contributed by atoms with Crippen LogP contribution in [0.1, 0.15) is 17.4 Å². The van der Waals surface area contributed by atoms with Gasteiger partial charge in [0.25, 0.3) is 5.91 Å². The molecule has 1 aromatic heterocycles. The summed E-state index contributed by atoms with van der Waals surface area (Å²) >= 11 is 15.5. The second kappa shape index (κ2) is 11.0. The highest BCUT2D eigenvalue weighted by molar-refractivity contribution is 9.10. The van der Waals surface area contributed by atoms with Crippen molar-refractivity contribution < 1.29 is 19.1 Å². The van der Waals surface area contributed by atoms with Crippen LogP contribution in [-0.2, 0) is 9.59 Å². The molecule has 0 aliphatic heterocycles. The zero-order valence-corrected chi connectivity index (χ0v) is 21.9. The van der Waals surface area contributed by atoms with E-state index in [1.54, 1.807) is 48.5 Å². The lowest BCUT2D eigenvalue weighted by atomic mass is 10.2. The van der Waals surface area contributed by atoms with E-state index in [9.17, 15) is 14.4 Å². The molecule has 0 spiro atoms. The first-order chi connectivity index (χ1) is 17.2. The number of nitrogens with one attached hydrogen (secondary N) is 3. The Labute approximate surface area is 224 Å². The first kappa shape index (κ1) is 25.6. The number of para-hydroxylation sites is 2. The van der Waals surface area contributed by atoms with Gasteiger partial charge in [0.05, 0.1) is 17.8 Å². The fourth-order valence-electron chi connectivity index (χ4n) is 3.48. The van der Waals surface area contributed by atoms with Gasteiger partial charge in [0, 0.05) is 25.6 Å². The van der Waals surface area contributed by atoms with Crippen molar-refractivity contribution in [1.82, 2.24) is 4.68 Å². The molecular weight excluding hydrogens is 571 g/mol. The molecule has 0 saturated heterocycles. The van der Waals surface area contributed by atoms with E-state index in [4.69, 9.17) is 27.9 Å². The van der Waals surface area contributed by atoms with Crippen LogP contribution in [0.5, 0.6) is 5.75 Å². The van der Waals surface area contributed by atoms with Crippen LogP contribution >= 0.6 is 39.1 Å². The molecule has 0 aliphatic carbocycles. The zero-order chi connectivity index (χ0) is 25.8. The van der Waals surface area contributed by atoms with Crippen LogP contribution in [0.2, 0.25) is 10.0 Å². The number of benzene rings is 3. The van der Waals surface area contributed by atoms with E-state index in [1.807, 2.05) is 6.92 Å². The lowest BCUT2D eigenvalue weighted by Crippen LogP contribution is -2.36. The van der Waals surface area contributed by atoms with Crippen molar-refractivity contribution >= 4 is 79.1 Å². The molecule has 0 bridgehead atoms. The molecule has 11 heteroatoms. The van der Waals surface area contributed by atoms with Crippen LogP contribution in [0.25, 0.3) is 10.9 Å². The number of fused-ring (bicyclic) bond motifs is 1. The van der Waals surface area contributed by atoms with Crippen LogP contribution in [0, 0.1) is 0 Å². The van der Waals surface area contributed by atoms with Crippen LogP contribution in [0.3, 0.4) is 0 Å². The molecule has 3 aromatic carbocycles. The van der Waals surface area contributed by atoms with Gasteiger partial charge in [-0.25, -0.2) is 4.68 Å². The van der Waals surface area contributed by atoms with Crippen LogP contribution in [0.4, 0.5) is 11.4 Å².